The van der Waals surface area contributed by atoms with E-state index in [1.165, 1.54) is 24.3 Å². The number of hydrogen-bond donors (Lipinski definition) is 3. The maximum atomic E-state index is 12.0. The summed E-state index contributed by atoms with van der Waals surface area (Å²) >= 11 is 0. The molecule has 1 aromatic rings. The molecule has 25 heavy (non-hydrogen) atoms. The number of anilines is 1. The summed E-state index contributed by atoms with van der Waals surface area (Å²) in [7, 11) is 0. The number of carboxylic acids is 1. The first kappa shape index (κ1) is 20.5. The summed E-state index contributed by atoms with van der Waals surface area (Å²) in [6, 6.07) is 4.47. The molecule has 0 spiro atoms. The summed E-state index contributed by atoms with van der Waals surface area (Å²) in [6.45, 7) is 6.90. The predicted octanol–water partition coefficient (Wildman–Crippen LogP) is 1.31. The van der Waals surface area contributed by atoms with E-state index >= 15 is 0 Å². The van der Waals surface area contributed by atoms with Crippen LogP contribution in [0.2, 0.25) is 0 Å². The summed E-state index contributed by atoms with van der Waals surface area (Å²) in [4.78, 5) is 35.6. The van der Waals surface area contributed by atoms with Gasteiger partial charge in [0.05, 0.1) is 11.3 Å². The number of hydrogen-bond acceptors (Lipinski definition) is 6. The van der Waals surface area contributed by atoms with Gasteiger partial charge in [0.15, 0.2) is 0 Å². The minimum atomic E-state index is -1.12. The van der Waals surface area contributed by atoms with Gasteiger partial charge in [0.2, 0.25) is 5.91 Å². The fraction of sp³-hybridized carbons (Fsp3) is 0.500. The van der Waals surface area contributed by atoms with Gasteiger partial charge in [-0.1, -0.05) is 19.9 Å². The largest absolute Gasteiger partial charge is 0.480 e. The van der Waals surface area contributed by atoms with Crippen molar-refractivity contribution in [1.29, 1.82) is 0 Å². The molecule has 3 N–H and O–H groups in total. The molecule has 138 valence electrons. The van der Waals surface area contributed by atoms with E-state index in [1.807, 2.05) is 13.8 Å². The highest BCUT2D eigenvalue weighted by molar-refractivity contribution is 5.94. The van der Waals surface area contributed by atoms with Gasteiger partial charge >= 0.3 is 5.97 Å². The minimum absolute atomic E-state index is 0.148. The number of amides is 1. The molecule has 9 nitrogen and oxygen atoms in total. The van der Waals surface area contributed by atoms with Crippen LogP contribution in [0.25, 0.3) is 0 Å². The van der Waals surface area contributed by atoms with Crippen LogP contribution >= 0.6 is 0 Å². The lowest BCUT2D eigenvalue weighted by Gasteiger charge is -2.20. The lowest BCUT2D eigenvalue weighted by Crippen LogP contribution is -2.43. The van der Waals surface area contributed by atoms with Crippen molar-refractivity contribution >= 4 is 23.3 Å². The fourth-order valence-corrected chi connectivity index (χ4v) is 2.28. The molecule has 0 heterocycles. The summed E-state index contributed by atoms with van der Waals surface area (Å²) in [6.07, 6.45) is -0.268. The number of nitrogens with one attached hydrogen (secondary N) is 2. The predicted molar refractivity (Wildman–Crippen MR) is 93.6 cm³/mol. The monoisotopic (exact) mass is 352 g/mol. The Morgan fingerprint density at radius 3 is 2.56 bits per heavy atom. The topological polar surface area (TPSA) is 125 Å². The third-order valence-corrected chi connectivity index (χ3v) is 3.74. The quantitative estimate of drug-likeness (QED) is 0.405. The molecule has 0 radical (unpaired) electrons. The number of nitrogens with zero attached hydrogens (tertiary/aromatic N) is 2. The van der Waals surface area contributed by atoms with Gasteiger partial charge in [-0.3, -0.25) is 19.7 Å². The van der Waals surface area contributed by atoms with Crippen molar-refractivity contribution in [2.75, 3.05) is 31.5 Å². The Morgan fingerprint density at radius 1 is 1.32 bits per heavy atom. The molecule has 0 fully saturated rings. The van der Waals surface area contributed by atoms with Gasteiger partial charge in [-0.2, -0.15) is 0 Å². The van der Waals surface area contributed by atoms with Crippen molar-refractivity contribution in [3.63, 3.8) is 0 Å². The highest BCUT2D eigenvalue weighted by atomic mass is 16.6. The molecule has 1 amide bonds. The third kappa shape index (κ3) is 7.27. The lowest BCUT2D eigenvalue weighted by atomic mass is 10.2. The number of likely N-dealkylation sites (N-methyl/N-ethyl adjacent to an activating group) is 1. The highest BCUT2D eigenvalue weighted by Gasteiger charge is 2.21. The van der Waals surface area contributed by atoms with Crippen molar-refractivity contribution in [1.82, 2.24) is 10.2 Å². The zero-order chi connectivity index (χ0) is 18.8. The number of carbonyl (C=O) groups is 2. The van der Waals surface area contributed by atoms with Gasteiger partial charge < -0.3 is 20.6 Å². The summed E-state index contributed by atoms with van der Waals surface area (Å²) < 4.78 is 0. The van der Waals surface area contributed by atoms with E-state index in [4.69, 9.17) is 0 Å². The number of carbonyl (C=O) groups excluding carboxylic acids is 1. The molecule has 0 aromatic heterocycles. The number of benzene rings is 1. The second-order valence-electron chi connectivity index (χ2n) is 5.43. The molecule has 1 aromatic carbocycles. The Kier molecular flexibility index (Phi) is 8.51. The molecule has 0 saturated carbocycles. The Labute approximate surface area is 146 Å². The number of non-ortho nitro benzene ring substituents is 1. The Balaban J connectivity index is 2.57. The molecule has 0 aliphatic carbocycles. The molecular weight excluding hydrogens is 328 g/mol. The van der Waals surface area contributed by atoms with E-state index in [-0.39, 0.29) is 17.8 Å². The van der Waals surface area contributed by atoms with Gasteiger partial charge in [-0.15, -0.1) is 0 Å². The second-order valence-corrected chi connectivity index (χ2v) is 5.43. The van der Waals surface area contributed by atoms with Crippen LogP contribution in [0.3, 0.4) is 0 Å². The fourth-order valence-electron chi connectivity index (χ4n) is 2.28. The zero-order valence-corrected chi connectivity index (χ0v) is 14.4. The van der Waals surface area contributed by atoms with Crippen LogP contribution in [0.4, 0.5) is 11.4 Å². The molecule has 0 aliphatic rings. The van der Waals surface area contributed by atoms with E-state index in [1.54, 1.807) is 0 Å². The smallest absolute Gasteiger partial charge is 0.321 e. The lowest BCUT2D eigenvalue weighted by molar-refractivity contribution is -0.384. The number of carboxylic acid groups (broad SMARTS) is 1. The van der Waals surface area contributed by atoms with E-state index in [2.05, 4.69) is 15.5 Å². The Hall–Kier alpha value is -2.52. The number of aliphatic carboxylic acids is 1. The van der Waals surface area contributed by atoms with E-state index < -0.39 is 22.8 Å². The SMILES string of the molecule is CCN(CC)CCN[C@@H](CC(=O)Nc1cccc([N+](=O)[O-])c1)C(=O)O. The number of nitro groups is 1. The maximum Gasteiger partial charge on any atom is 0.321 e. The van der Waals surface area contributed by atoms with Crippen molar-refractivity contribution in [2.24, 2.45) is 0 Å². The molecule has 0 bridgehead atoms. The summed E-state index contributed by atoms with van der Waals surface area (Å²) in [5.41, 5.74) is 0.108. The normalized spacial score (nSPS) is 12.0. The molecule has 0 saturated heterocycles. The first-order chi connectivity index (χ1) is 11.9. The first-order valence-corrected chi connectivity index (χ1v) is 8.10. The molecule has 0 unspecified atom stereocenters. The molecule has 0 aliphatic heterocycles. The Bertz CT molecular complexity index is 604. The van der Waals surface area contributed by atoms with Gasteiger partial charge in [0.25, 0.3) is 5.69 Å². The highest BCUT2D eigenvalue weighted by Crippen LogP contribution is 2.17. The van der Waals surface area contributed by atoms with Gasteiger partial charge in [0, 0.05) is 30.9 Å². The van der Waals surface area contributed by atoms with Crippen molar-refractivity contribution in [3.05, 3.63) is 34.4 Å². The van der Waals surface area contributed by atoms with Crippen LogP contribution in [-0.4, -0.2) is 59.0 Å². The zero-order valence-electron chi connectivity index (χ0n) is 14.4. The van der Waals surface area contributed by atoms with Crippen molar-refractivity contribution < 1.29 is 19.6 Å². The Morgan fingerprint density at radius 2 is 2.00 bits per heavy atom. The van der Waals surface area contributed by atoms with Crippen molar-refractivity contribution in [3.8, 4) is 0 Å². The summed E-state index contributed by atoms with van der Waals surface area (Å²) in [5, 5.41) is 25.3. The molecule has 1 atom stereocenters. The van der Waals surface area contributed by atoms with Crippen LogP contribution < -0.4 is 10.6 Å². The first-order valence-electron chi connectivity index (χ1n) is 8.10. The van der Waals surface area contributed by atoms with E-state index in [0.29, 0.717) is 13.1 Å². The molecule has 1 rings (SSSR count). The second kappa shape index (κ2) is 10.4. The van der Waals surface area contributed by atoms with Crippen LogP contribution in [0.15, 0.2) is 24.3 Å². The van der Waals surface area contributed by atoms with Crippen molar-refractivity contribution in [2.45, 2.75) is 26.3 Å². The molecular formula is C16H24N4O5. The minimum Gasteiger partial charge on any atom is -0.480 e. The van der Waals surface area contributed by atoms with E-state index in [0.717, 1.165) is 13.1 Å². The number of nitro benzene ring substituents is 1. The molecule has 9 heteroatoms. The average molecular weight is 352 g/mol. The standard InChI is InChI=1S/C16H24N4O5/c1-3-19(4-2)9-8-17-14(16(22)23)11-15(21)18-12-6-5-7-13(10-12)20(24)25/h5-7,10,14,17H,3-4,8-9,11H2,1-2H3,(H,18,21)(H,22,23)/t14-/m0/s1. The third-order valence-electron chi connectivity index (χ3n) is 3.74. The van der Waals surface area contributed by atoms with Gasteiger partial charge in [-0.05, 0) is 19.2 Å². The van der Waals surface area contributed by atoms with Gasteiger partial charge in [-0.25, -0.2) is 0 Å². The average Bonchev–Trinajstić information content (AvgIpc) is 2.57. The van der Waals surface area contributed by atoms with Crippen LogP contribution in [-0.2, 0) is 9.59 Å². The van der Waals surface area contributed by atoms with Crippen LogP contribution in [0.5, 0.6) is 0 Å². The van der Waals surface area contributed by atoms with Gasteiger partial charge in [0.1, 0.15) is 6.04 Å². The maximum absolute atomic E-state index is 12.0. The van der Waals surface area contributed by atoms with Crippen LogP contribution in [0.1, 0.15) is 20.3 Å². The van der Waals surface area contributed by atoms with Crippen LogP contribution in [0, 0.1) is 10.1 Å². The summed E-state index contributed by atoms with van der Waals surface area (Å²) in [5.74, 6) is -1.64. The number of rotatable bonds is 11. The van der Waals surface area contributed by atoms with E-state index in [9.17, 15) is 24.8 Å².